The molecule has 5 nitrogen and oxygen atoms in total. The largest absolute Gasteiger partial charge is 0.478 e. The topological polar surface area (TPSA) is 68.0 Å². The second kappa shape index (κ2) is 10.3. The van der Waals surface area contributed by atoms with Crippen molar-refractivity contribution in [1.82, 2.24) is 14.8 Å². The van der Waals surface area contributed by atoms with E-state index < -0.39 is 5.97 Å². The van der Waals surface area contributed by atoms with Crippen LogP contribution in [0.3, 0.4) is 0 Å². The Kier molecular flexibility index (Phi) is 7.33. The van der Waals surface area contributed by atoms with E-state index in [0.29, 0.717) is 18.5 Å². The maximum absolute atomic E-state index is 11.2. The van der Waals surface area contributed by atoms with Crippen molar-refractivity contribution in [3.05, 3.63) is 108 Å². The smallest absolute Gasteiger partial charge is 0.335 e. The Labute approximate surface area is 177 Å². The highest BCUT2D eigenvalue weighted by atomic mass is 16.4. The first-order chi connectivity index (χ1) is 14.6. The Morgan fingerprint density at radius 2 is 1.67 bits per heavy atom. The van der Waals surface area contributed by atoms with Crippen LogP contribution >= 0.6 is 0 Å². The lowest BCUT2D eigenvalue weighted by Crippen LogP contribution is -2.07. The number of hydrogen-bond acceptors (Lipinski definition) is 3. The van der Waals surface area contributed by atoms with Gasteiger partial charge in [0, 0.05) is 12.8 Å². The minimum atomic E-state index is -0.903. The van der Waals surface area contributed by atoms with Gasteiger partial charge in [-0.05, 0) is 48.1 Å². The number of nitrogens with zero attached hydrogens (tertiary/aromatic N) is 3. The molecule has 0 bridgehead atoms. The zero-order valence-electron chi connectivity index (χ0n) is 17.1. The van der Waals surface area contributed by atoms with Gasteiger partial charge in [-0.15, -0.1) is 13.2 Å². The van der Waals surface area contributed by atoms with E-state index in [-0.39, 0.29) is 0 Å². The van der Waals surface area contributed by atoms with Crippen LogP contribution < -0.4 is 0 Å². The molecule has 2 aromatic carbocycles. The molecule has 1 N–H and O–H groups in total. The maximum atomic E-state index is 11.2. The molecule has 0 saturated heterocycles. The third-order valence-electron chi connectivity index (χ3n) is 4.87. The molecule has 0 saturated carbocycles. The van der Waals surface area contributed by atoms with Crippen molar-refractivity contribution in [1.29, 1.82) is 0 Å². The second-order valence-corrected chi connectivity index (χ2v) is 7.26. The van der Waals surface area contributed by atoms with Crippen molar-refractivity contribution in [3.8, 4) is 0 Å². The Morgan fingerprint density at radius 3 is 2.37 bits per heavy atom. The monoisotopic (exact) mass is 401 g/mol. The highest BCUT2D eigenvalue weighted by Gasteiger charge is 2.10. The van der Waals surface area contributed by atoms with E-state index in [1.165, 1.54) is 0 Å². The Morgan fingerprint density at radius 1 is 0.967 bits per heavy atom. The van der Waals surface area contributed by atoms with Crippen molar-refractivity contribution < 1.29 is 9.90 Å². The van der Waals surface area contributed by atoms with Crippen LogP contribution in [-0.4, -0.2) is 25.8 Å². The lowest BCUT2D eigenvalue weighted by molar-refractivity contribution is 0.0696. The zero-order valence-corrected chi connectivity index (χ0v) is 17.1. The van der Waals surface area contributed by atoms with Crippen molar-refractivity contribution >= 4 is 5.97 Å². The lowest BCUT2D eigenvalue weighted by atomic mass is 10.0. The molecule has 0 radical (unpaired) electrons. The molecule has 1 aromatic heterocycles. The fourth-order valence-corrected chi connectivity index (χ4v) is 3.29. The van der Waals surface area contributed by atoms with Crippen LogP contribution in [0.2, 0.25) is 0 Å². The highest BCUT2D eigenvalue weighted by Crippen LogP contribution is 2.15. The molecule has 0 unspecified atom stereocenters. The van der Waals surface area contributed by atoms with Crippen molar-refractivity contribution in [2.45, 2.75) is 38.6 Å². The normalized spacial score (nSPS) is 10.7. The number of hydrogen-bond donors (Lipinski definition) is 1. The number of carboxylic acid groups (broad SMARTS) is 1. The summed E-state index contributed by atoms with van der Waals surface area (Å²) in [6, 6.07) is 15.4. The van der Waals surface area contributed by atoms with Gasteiger partial charge < -0.3 is 5.11 Å². The molecule has 3 rings (SSSR count). The summed E-state index contributed by atoms with van der Waals surface area (Å²) in [5, 5.41) is 13.8. The maximum Gasteiger partial charge on any atom is 0.335 e. The molecule has 0 amide bonds. The molecular weight excluding hydrogens is 374 g/mol. The molecule has 0 aliphatic heterocycles. The number of carbonyl (C=O) groups is 1. The van der Waals surface area contributed by atoms with Gasteiger partial charge in [0.05, 0.1) is 12.1 Å². The van der Waals surface area contributed by atoms with E-state index in [0.717, 1.165) is 54.0 Å². The molecule has 3 aromatic rings. The predicted molar refractivity (Wildman–Crippen MR) is 119 cm³/mol. The van der Waals surface area contributed by atoms with Crippen LogP contribution in [0, 0.1) is 0 Å². The van der Waals surface area contributed by atoms with Crippen LogP contribution in [0.25, 0.3) is 0 Å². The Hall–Kier alpha value is -3.47. The molecule has 0 aliphatic rings. The number of aromatic nitrogens is 3. The summed E-state index contributed by atoms with van der Waals surface area (Å²) >= 11 is 0. The fraction of sp³-hybridized carbons (Fsp3) is 0.240. The number of rotatable bonds is 11. The number of benzene rings is 2. The number of aromatic carboxylic acids is 1. The first kappa shape index (κ1) is 21.2. The minimum Gasteiger partial charge on any atom is -0.478 e. The molecule has 5 heteroatoms. The quantitative estimate of drug-likeness (QED) is 0.466. The summed E-state index contributed by atoms with van der Waals surface area (Å²) in [5.41, 5.74) is 3.59. The third kappa shape index (κ3) is 5.77. The number of carboxylic acids is 1. The van der Waals surface area contributed by atoms with Crippen molar-refractivity contribution in [2.24, 2.45) is 0 Å². The van der Waals surface area contributed by atoms with Gasteiger partial charge in [0.25, 0.3) is 0 Å². The summed E-state index contributed by atoms with van der Waals surface area (Å²) in [6.07, 6.45) is 7.83. The van der Waals surface area contributed by atoms with Crippen LogP contribution in [0.4, 0.5) is 0 Å². The van der Waals surface area contributed by atoms with Gasteiger partial charge in [0.2, 0.25) is 0 Å². The van der Waals surface area contributed by atoms with E-state index in [9.17, 15) is 4.79 Å². The number of aryl methyl sites for hydroxylation is 2. The van der Waals surface area contributed by atoms with Crippen LogP contribution in [-0.2, 0) is 25.8 Å². The minimum absolute atomic E-state index is 0.314. The lowest BCUT2D eigenvalue weighted by Gasteiger charge is -2.08. The molecule has 0 fully saturated rings. The molecular formula is C25H27N3O2. The first-order valence-corrected chi connectivity index (χ1v) is 10.1. The van der Waals surface area contributed by atoms with Crippen molar-refractivity contribution in [2.75, 3.05) is 0 Å². The SMILES string of the molecule is C=CCCc1nc(CCC=C)n(Cc2ccc(Cc3cccc(C(=O)O)c3)cc2)n1. The molecule has 0 atom stereocenters. The molecule has 30 heavy (non-hydrogen) atoms. The zero-order chi connectivity index (χ0) is 21.3. The van der Waals surface area contributed by atoms with Gasteiger partial charge in [-0.25, -0.2) is 14.5 Å². The second-order valence-electron chi connectivity index (χ2n) is 7.26. The summed E-state index contributed by atoms with van der Waals surface area (Å²) in [6.45, 7) is 8.24. The highest BCUT2D eigenvalue weighted by molar-refractivity contribution is 5.87. The van der Waals surface area contributed by atoms with Gasteiger partial charge in [-0.3, -0.25) is 0 Å². The van der Waals surface area contributed by atoms with E-state index in [1.807, 2.05) is 22.9 Å². The standard InChI is InChI=1S/C25H27N3O2/c1-3-5-10-23-26-24(11-6-4-2)28(27-23)18-20-14-12-19(13-15-20)16-21-8-7-9-22(17-21)25(29)30/h3-4,7-9,12-15,17H,1-2,5-6,10-11,16,18H2,(H,29,30). The summed E-state index contributed by atoms with van der Waals surface area (Å²) in [7, 11) is 0. The third-order valence-corrected chi connectivity index (χ3v) is 4.87. The summed E-state index contributed by atoms with van der Waals surface area (Å²) in [5.74, 6) is 0.923. The van der Waals surface area contributed by atoms with Gasteiger partial charge in [0.1, 0.15) is 5.82 Å². The Bertz CT molecular complexity index is 1020. The van der Waals surface area contributed by atoms with Gasteiger partial charge in [-0.1, -0.05) is 48.6 Å². The van der Waals surface area contributed by atoms with E-state index in [2.05, 4.69) is 47.5 Å². The van der Waals surface area contributed by atoms with E-state index >= 15 is 0 Å². The van der Waals surface area contributed by atoms with E-state index in [1.54, 1.807) is 18.2 Å². The van der Waals surface area contributed by atoms with E-state index in [4.69, 9.17) is 5.11 Å². The number of allylic oxidation sites excluding steroid dienone is 2. The summed E-state index contributed by atoms with van der Waals surface area (Å²) < 4.78 is 1.98. The predicted octanol–water partition coefficient (Wildman–Crippen LogP) is 4.85. The van der Waals surface area contributed by atoms with Crippen LogP contribution in [0.15, 0.2) is 73.8 Å². The molecule has 0 aliphatic carbocycles. The van der Waals surface area contributed by atoms with Gasteiger partial charge in [0.15, 0.2) is 5.82 Å². The fourth-order valence-electron chi connectivity index (χ4n) is 3.29. The van der Waals surface area contributed by atoms with Crippen LogP contribution in [0.5, 0.6) is 0 Å². The average Bonchev–Trinajstić information content (AvgIpc) is 3.13. The Balaban J connectivity index is 1.71. The van der Waals surface area contributed by atoms with Gasteiger partial charge in [-0.2, -0.15) is 5.10 Å². The summed E-state index contributed by atoms with van der Waals surface area (Å²) in [4.78, 5) is 15.8. The molecule has 0 spiro atoms. The molecule has 154 valence electrons. The van der Waals surface area contributed by atoms with Crippen LogP contribution in [0.1, 0.15) is 51.5 Å². The molecule has 1 heterocycles. The van der Waals surface area contributed by atoms with Crippen molar-refractivity contribution in [3.63, 3.8) is 0 Å². The van der Waals surface area contributed by atoms with Gasteiger partial charge >= 0.3 is 5.97 Å². The average molecular weight is 402 g/mol. The first-order valence-electron chi connectivity index (χ1n) is 10.1.